The van der Waals surface area contributed by atoms with Crippen LogP contribution < -0.4 is 15.5 Å². The third-order valence-corrected chi connectivity index (χ3v) is 3.82. The first kappa shape index (κ1) is 14.8. The van der Waals surface area contributed by atoms with Crippen LogP contribution in [-0.4, -0.2) is 40.6 Å². The van der Waals surface area contributed by atoms with E-state index in [-0.39, 0.29) is 0 Å². The Kier molecular flexibility index (Phi) is 4.30. The van der Waals surface area contributed by atoms with Gasteiger partial charge < -0.3 is 15.5 Å². The maximum Gasteiger partial charge on any atom is 0.231 e. The molecule has 1 fully saturated rings. The molecule has 6 heteroatoms. The third-order valence-electron chi connectivity index (χ3n) is 3.82. The number of anilines is 3. The van der Waals surface area contributed by atoms with E-state index >= 15 is 0 Å². The maximum absolute atomic E-state index is 4.56. The van der Waals surface area contributed by atoms with Crippen molar-refractivity contribution in [2.24, 2.45) is 5.41 Å². The van der Waals surface area contributed by atoms with Crippen LogP contribution >= 0.6 is 0 Å². The summed E-state index contributed by atoms with van der Waals surface area (Å²) in [6.07, 6.45) is 1.16. The molecular weight excluding hydrogens is 252 g/mol. The van der Waals surface area contributed by atoms with Crippen molar-refractivity contribution < 1.29 is 0 Å². The molecule has 0 saturated heterocycles. The van der Waals surface area contributed by atoms with Crippen LogP contribution in [0.3, 0.4) is 0 Å². The van der Waals surface area contributed by atoms with Crippen molar-refractivity contribution in [1.29, 1.82) is 0 Å². The zero-order valence-electron chi connectivity index (χ0n) is 13.2. The van der Waals surface area contributed by atoms with Crippen LogP contribution in [0.2, 0.25) is 0 Å². The average Bonchev–Trinajstić information content (AvgIpc) is 2.98. The van der Waals surface area contributed by atoms with Gasteiger partial charge in [0.1, 0.15) is 0 Å². The standard InChI is InChI=1S/C14H26N6/c1-6-15-11-17-12(16-10-9-14(10,4)5)19-13(18-11)20(7-2)8-3/h10H,6-9H2,1-5H3,(H2,15,16,17,18,19). The molecule has 0 amide bonds. The second-order valence-corrected chi connectivity index (χ2v) is 5.87. The van der Waals surface area contributed by atoms with Crippen molar-refractivity contribution in [3.63, 3.8) is 0 Å². The van der Waals surface area contributed by atoms with Gasteiger partial charge in [-0.1, -0.05) is 13.8 Å². The third kappa shape index (κ3) is 3.29. The topological polar surface area (TPSA) is 66.0 Å². The fraction of sp³-hybridized carbons (Fsp3) is 0.786. The number of hydrogen-bond donors (Lipinski definition) is 2. The van der Waals surface area contributed by atoms with Crippen LogP contribution in [0.15, 0.2) is 0 Å². The molecule has 20 heavy (non-hydrogen) atoms. The van der Waals surface area contributed by atoms with Gasteiger partial charge in [0.15, 0.2) is 0 Å². The summed E-state index contributed by atoms with van der Waals surface area (Å²) in [4.78, 5) is 15.6. The van der Waals surface area contributed by atoms with Crippen LogP contribution in [0.1, 0.15) is 41.0 Å². The van der Waals surface area contributed by atoms with Crippen molar-refractivity contribution in [3.8, 4) is 0 Å². The molecule has 112 valence electrons. The first-order chi connectivity index (χ1) is 9.50. The van der Waals surface area contributed by atoms with Gasteiger partial charge in [-0.15, -0.1) is 0 Å². The van der Waals surface area contributed by atoms with E-state index in [4.69, 9.17) is 0 Å². The number of nitrogens with one attached hydrogen (secondary N) is 2. The summed E-state index contributed by atoms with van der Waals surface area (Å²) >= 11 is 0. The number of rotatable bonds is 7. The maximum atomic E-state index is 4.56. The zero-order chi connectivity index (χ0) is 14.8. The van der Waals surface area contributed by atoms with E-state index in [1.54, 1.807) is 0 Å². The molecule has 1 unspecified atom stereocenters. The van der Waals surface area contributed by atoms with Crippen molar-refractivity contribution >= 4 is 17.8 Å². The van der Waals surface area contributed by atoms with Gasteiger partial charge in [0.05, 0.1) is 0 Å². The van der Waals surface area contributed by atoms with Crippen LogP contribution in [0, 0.1) is 5.41 Å². The van der Waals surface area contributed by atoms with E-state index in [1.807, 2.05) is 6.92 Å². The van der Waals surface area contributed by atoms with Gasteiger partial charge in [0, 0.05) is 25.7 Å². The van der Waals surface area contributed by atoms with Crippen molar-refractivity contribution in [2.45, 2.75) is 47.1 Å². The predicted molar refractivity (Wildman–Crippen MR) is 83.4 cm³/mol. The summed E-state index contributed by atoms with van der Waals surface area (Å²) in [5.74, 6) is 2.06. The molecule has 1 aromatic heterocycles. The number of aromatic nitrogens is 3. The lowest BCUT2D eigenvalue weighted by Gasteiger charge is -2.20. The number of nitrogens with zero attached hydrogens (tertiary/aromatic N) is 4. The van der Waals surface area contributed by atoms with Gasteiger partial charge in [0.25, 0.3) is 0 Å². The van der Waals surface area contributed by atoms with Gasteiger partial charge in [-0.2, -0.15) is 15.0 Å². The van der Waals surface area contributed by atoms with Gasteiger partial charge in [-0.3, -0.25) is 0 Å². The molecular formula is C14H26N6. The summed E-state index contributed by atoms with van der Waals surface area (Å²) in [5.41, 5.74) is 0.348. The highest BCUT2D eigenvalue weighted by atomic mass is 15.3. The zero-order valence-corrected chi connectivity index (χ0v) is 13.2. The lowest BCUT2D eigenvalue weighted by Crippen LogP contribution is -2.26. The molecule has 0 radical (unpaired) electrons. The smallest absolute Gasteiger partial charge is 0.231 e. The summed E-state index contributed by atoms with van der Waals surface area (Å²) < 4.78 is 0. The van der Waals surface area contributed by atoms with Crippen LogP contribution in [0.5, 0.6) is 0 Å². The highest BCUT2D eigenvalue weighted by molar-refractivity contribution is 5.45. The van der Waals surface area contributed by atoms with E-state index in [0.29, 0.717) is 23.4 Å². The Hall–Kier alpha value is -1.59. The monoisotopic (exact) mass is 278 g/mol. The molecule has 1 saturated carbocycles. The minimum Gasteiger partial charge on any atom is -0.354 e. The van der Waals surface area contributed by atoms with Crippen LogP contribution in [0.4, 0.5) is 17.8 Å². The average molecular weight is 278 g/mol. The molecule has 0 spiro atoms. The first-order valence-corrected chi connectivity index (χ1v) is 7.51. The number of hydrogen-bond acceptors (Lipinski definition) is 6. The predicted octanol–water partition coefficient (Wildman–Crippen LogP) is 2.36. The van der Waals surface area contributed by atoms with Crippen LogP contribution in [0.25, 0.3) is 0 Å². The van der Waals surface area contributed by atoms with Gasteiger partial charge >= 0.3 is 0 Å². The molecule has 0 bridgehead atoms. The fourth-order valence-electron chi connectivity index (χ4n) is 2.18. The molecule has 1 atom stereocenters. The lowest BCUT2D eigenvalue weighted by molar-refractivity contribution is 0.628. The fourth-order valence-corrected chi connectivity index (χ4v) is 2.18. The second kappa shape index (κ2) is 5.81. The summed E-state index contributed by atoms with van der Waals surface area (Å²) in [6.45, 7) is 13.3. The second-order valence-electron chi connectivity index (χ2n) is 5.87. The van der Waals surface area contributed by atoms with E-state index in [9.17, 15) is 0 Å². The molecule has 2 rings (SSSR count). The molecule has 1 aromatic rings. The Bertz CT molecular complexity index is 455. The summed E-state index contributed by atoms with van der Waals surface area (Å²) in [7, 11) is 0. The Labute approximate surface area is 121 Å². The normalized spacial score (nSPS) is 19.6. The molecule has 0 aromatic carbocycles. The molecule has 6 nitrogen and oxygen atoms in total. The van der Waals surface area contributed by atoms with Crippen molar-refractivity contribution in [1.82, 2.24) is 15.0 Å². The van der Waals surface area contributed by atoms with Crippen LogP contribution in [-0.2, 0) is 0 Å². The molecule has 1 aliphatic carbocycles. The molecule has 1 aliphatic rings. The quantitative estimate of drug-likeness (QED) is 0.798. The molecule has 2 N–H and O–H groups in total. The van der Waals surface area contributed by atoms with Gasteiger partial charge in [0.2, 0.25) is 17.8 Å². The van der Waals surface area contributed by atoms with Gasteiger partial charge in [-0.05, 0) is 32.6 Å². The minimum absolute atomic E-state index is 0.348. The SMILES string of the molecule is CCNc1nc(NC2CC2(C)C)nc(N(CC)CC)n1. The van der Waals surface area contributed by atoms with E-state index in [0.717, 1.165) is 32.0 Å². The lowest BCUT2D eigenvalue weighted by atomic mass is 10.2. The first-order valence-electron chi connectivity index (χ1n) is 7.51. The Balaban J connectivity index is 2.21. The highest BCUT2D eigenvalue weighted by Crippen LogP contribution is 2.46. The van der Waals surface area contributed by atoms with E-state index in [2.05, 4.69) is 58.2 Å². The Morgan fingerprint density at radius 1 is 1.10 bits per heavy atom. The Morgan fingerprint density at radius 2 is 1.70 bits per heavy atom. The molecule has 0 aliphatic heterocycles. The summed E-state index contributed by atoms with van der Waals surface area (Å²) in [6, 6.07) is 0.462. The van der Waals surface area contributed by atoms with Crippen molar-refractivity contribution in [3.05, 3.63) is 0 Å². The van der Waals surface area contributed by atoms with E-state index < -0.39 is 0 Å². The molecule has 1 heterocycles. The largest absolute Gasteiger partial charge is 0.354 e. The van der Waals surface area contributed by atoms with Gasteiger partial charge in [-0.25, -0.2) is 0 Å². The highest BCUT2D eigenvalue weighted by Gasteiger charge is 2.46. The minimum atomic E-state index is 0.348. The van der Waals surface area contributed by atoms with E-state index in [1.165, 1.54) is 0 Å². The Morgan fingerprint density at radius 3 is 2.20 bits per heavy atom. The summed E-state index contributed by atoms with van der Waals surface area (Å²) in [5, 5.41) is 6.60. The van der Waals surface area contributed by atoms with Crippen molar-refractivity contribution in [2.75, 3.05) is 35.2 Å².